The van der Waals surface area contributed by atoms with Gasteiger partial charge >= 0.3 is 0 Å². The van der Waals surface area contributed by atoms with Crippen LogP contribution in [0.25, 0.3) is 0 Å². The fraction of sp³-hybridized carbons (Fsp3) is 0.375. The van der Waals surface area contributed by atoms with Crippen LogP contribution in [-0.4, -0.2) is 24.8 Å². The van der Waals surface area contributed by atoms with Crippen LogP contribution in [0.1, 0.15) is 38.3 Å². The van der Waals surface area contributed by atoms with Gasteiger partial charge in [-0.1, -0.05) is 37.8 Å². The van der Waals surface area contributed by atoms with Crippen LogP contribution in [0.5, 0.6) is 5.75 Å². The predicted molar refractivity (Wildman–Crippen MR) is 127 cm³/mol. The standard InChI is InChI=1S/C24H31N3OS/c1-4-16-28-23-7-5-6-21(17-23)26-24(29)25-19(3)20-8-10-22(11-9-20)27-14-12-18(2)13-15-27/h4-11,17-19H,1,12-16H2,2-3H3,(H2,25,26,29)/t19-/m1/s1. The zero-order valence-corrected chi connectivity index (χ0v) is 18.2. The Morgan fingerprint density at radius 1 is 1.24 bits per heavy atom. The number of benzene rings is 2. The van der Waals surface area contributed by atoms with Crippen molar-refractivity contribution in [2.45, 2.75) is 32.7 Å². The first-order chi connectivity index (χ1) is 14.0. The molecular weight excluding hydrogens is 378 g/mol. The van der Waals surface area contributed by atoms with Gasteiger partial charge in [0.25, 0.3) is 0 Å². The number of nitrogens with one attached hydrogen (secondary N) is 2. The maximum atomic E-state index is 5.57. The molecule has 1 saturated heterocycles. The second kappa shape index (κ2) is 10.3. The van der Waals surface area contributed by atoms with Gasteiger partial charge in [-0.05, 0) is 67.7 Å². The number of anilines is 2. The molecule has 1 atom stereocenters. The molecule has 2 aromatic rings. The normalized spacial score (nSPS) is 15.4. The van der Waals surface area contributed by atoms with Gasteiger partial charge in [0.1, 0.15) is 12.4 Å². The molecule has 0 unspecified atom stereocenters. The Kier molecular flexibility index (Phi) is 7.53. The van der Waals surface area contributed by atoms with Crippen molar-refractivity contribution in [3.8, 4) is 5.75 Å². The lowest BCUT2D eigenvalue weighted by atomic mass is 9.98. The van der Waals surface area contributed by atoms with Crippen LogP contribution in [0.15, 0.2) is 61.2 Å². The quantitative estimate of drug-likeness (QED) is 0.464. The van der Waals surface area contributed by atoms with E-state index in [1.807, 2.05) is 24.3 Å². The van der Waals surface area contributed by atoms with E-state index in [1.54, 1.807) is 6.08 Å². The third-order valence-electron chi connectivity index (χ3n) is 5.35. The van der Waals surface area contributed by atoms with E-state index in [4.69, 9.17) is 17.0 Å². The Hall–Kier alpha value is -2.53. The predicted octanol–water partition coefficient (Wildman–Crippen LogP) is 5.54. The maximum absolute atomic E-state index is 5.57. The van der Waals surface area contributed by atoms with E-state index in [-0.39, 0.29) is 6.04 Å². The van der Waals surface area contributed by atoms with Gasteiger partial charge in [-0.15, -0.1) is 0 Å². The molecular formula is C24H31N3OS. The first kappa shape index (κ1) is 21.2. The Morgan fingerprint density at radius 3 is 2.66 bits per heavy atom. The Morgan fingerprint density at radius 2 is 1.97 bits per heavy atom. The number of nitrogens with zero attached hydrogens (tertiary/aromatic N) is 1. The minimum Gasteiger partial charge on any atom is -0.489 e. The fourth-order valence-electron chi connectivity index (χ4n) is 3.51. The third-order valence-corrected chi connectivity index (χ3v) is 5.57. The van der Waals surface area contributed by atoms with Crippen molar-refractivity contribution in [1.82, 2.24) is 5.32 Å². The monoisotopic (exact) mass is 409 g/mol. The van der Waals surface area contributed by atoms with Crippen LogP contribution in [0.2, 0.25) is 0 Å². The van der Waals surface area contributed by atoms with Crippen LogP contribution >= 0.6 is 12.2 Å². The average molecular weight is 410 g/mol. The Bertz CT molecular complexity index is 813. The molecule has 0 spiro atoms. The van der Waals surface area contributed by atoms with Crippen molar-refractivity contribution in [2.75, 3.05) is 29.9 Å². The average Bonchev–Trinajstić information content (AvgIpc) is 2.73. The summed E-state index contributed by atoms with van der Waals surface area (Å²) < 4.78 is 5.57. The molecule has 4 nitrogen and oxygen atoms in total. The zero-order valence-electron chi connectivity index (χ0n) is 17.4. The SMILES string of the molecule is C=CCOc1cccc(NC(=S)N[C@H](C)c2ccc(N3CCC(C)CC3)cc2)c1. The largest absolute Gasteiger partial charge is 0.489 e. The summed E-state index contributed by atoms with van der Waals surface area (Å²) in [4.78, 5) is 2.48. The molecule has 5 heteroatoms. The molecule has 1 heterocycles. The molecule has 2 aromatic carbocycles. The van der Waals surface area contributed by atoms with Crippen molar-refractivity contribution in [3.63, 3.8) is 0 Å². The number of thiocarbonyl (C=S) groups is 1. The summed E-state index contributed by atoms with van der Waals surface area (Å²) in [5, 5.41) is 7.18. The van der Waals surface area contributed by atoms with E-state index < -0.39 is 0 Å². The molecule has 0 amide bonds. The number of ether oxygens (including phenoxy) is 1. The van der Waals surface area contributed by atoms with Gasteiger partial charge in [-0.3, -0.25) is 0 Å². The van der Waals surface area contributed by atoms with Crippen LogP contribution in [0.3, 0.4) is 0 Å². The number of hydrogen-bond acceptors (Lipinski definition) is 3. The summed E-state index contributed by atoms with van der Waals surface area (Å²) in [6.45, 7) is 10.9. The van der Waals surface area contributed by atoms with E-state index in [2.05, 4.69) is 60.2 Å². The molecule has 3 rings (SSSR count). The maximum Gasteiger partial charge on any atom is 0.171 e. The van der Waals surface area contributed by atoms with Crippen LogP contribution in [0, 0.1) is 5.92 Å². The van der Waals surface area contributed by atoms with E-state index in [0.29, 0.717) is 11.7 Å². The molecule has 0 aromatic heterocycles. The molecule has 1 aliphatic heterocycles. The molecule has 2 N–H and O–H groups in total. The Labute approximate surface area is 180 Å². The molecule has 0 radical (unpaired) electrons. The summed E-state index contributed by atoms with van der Waals surface area (Å²) in [6.07, 6.45) is 4.28. The van der Waals surface area contributed by atoms with Gasteiger partial charge in [0, 0.05) is 30.5 Å². The molecule has 1 aliphatic rings. The number of piperidine rings is 1. The lowest BCUT2D eigenvalue weighted by molar-refractivity contribution is 0.363. The smallest absolute Gasteiger partial charge is 0.171 e. The highest BCUT2D eigenvalue weighted by Crippen LogP contribution is 2.25. The van der Waals surface area contributed by atoms with E-state index in [0.717, 1.165) is 30.4 Å². The van der Waals surface area contributed by atoms with Crippen LogP contribution in [0.4, 0.5) is 11.4 Å². The Balaban J connectivity index is 1.53. The van der Waals surface area contributed by atoms with Gasteiger partial charge < -0.3 is 20.3 Å². The first-order valence-electron chi connectivity index (χ1n) is 10.3. The van der Waals surface area contributed by atoms with E-state index in [9.17, 15) is 0 Å². The molecule has 154 valence electrons. The molecule has 29 heavy (non-hydrogen) atoms. The summed E-state index contributed by atoms with van der Waals surface area (Å²) >= 11 is 5.49. The number of rotatable bonds is 7. The zero-order chi connectivity index (χ0) is 20.6. The fourth-order valence-corrected chi connectivity index (χ4v) is 3.80. The minimum absolute atomic E-state index is 0.116. The van der Waals surface area contributed by atoms with Gasteiger partial charge in [0.05, 0.1) is 6.04 Å². The minimum atomic E-state index is 0.116. The van der Waals surface area contributed by atoms with Gasteiger partial charge in [0.15, 0.2) is 5.11 Å². The van der Waals surface area contributed by atoms with Crippen molar-refractivity contribution in [3.05, 3.63) is 66.7 Å². The van der Waals surface area contributed by atoms with E-state index in [1.165, 1.54) is 24.1 Å². The highest BCUT2D eigenvalue weighted by molar-refractivity contribution is 7.80. The first-order valence-corrected chi connectivity index (χ1v) is 10.7. The summed E-state index contributed by atoms with van der Waals surface area (Å²) in [7, 11) is 0. The molecule has 0 bridgehead atoms. The topological polar surface area (TPSA) is 36.5 Å². The van der Waals surface area contributed by atoms with Crippen LogP contribution < -0.4 is 20.3 Å². The van der Waals surface area contributed by atoms with Crippen molar-refractivity contribution < 1.29 is 4.74 Å². The molecule has 0 aliphatic carbocycles. The lowest BCUT2D eigenvalue weighted by Gasteiger charge is -2.32. The lowest BCUT2D eigenvalue weighted by Crippen LogP contribution is -2.33. The van der Waals surface area contributed by atoms with Gasteiger partial charge in [-0.2, -0.15) is 0 Å². The number of hydrogen-bond donors (Lipinski definition) is 2. The van der Waals surface area contributed by atoms with Crippen molar-refractivity contribution >= 4 is 28.7 Å². The highest BCUT2D eigenvalue weighted by atomic mass is 32.1. The van der Waals surface area contributed by atoms with Crippen molar-refractivity contribution in [2.24, 2.45) is 5.92 Å². The summed E-state index contributed by atoms with van der Waals surface area (Å²) in [5.74, 6) is 1.63. The summed E-state index contributed by atoms with van der Waals surface area (Å²) in [5.41, 5.74) is 3.42. The summed E-state index contributed by atoms with van der Waals surface area (Å²) in [6, 6.07) is 16.7. The van der Waals surface area contributed by atoms with Gasteiger partial charge in [-0.25, -0.2) is 0 Å². The van der Waals surface area contributed by atoms with Crippen LogP contribution in [-0.2, 0) is 0 Å². The van der Waals surface area contributed by atoms with Gasteiger partial charge in [0.2, 0.25) is 0 Å². The highest BCUT2D eigenvalue weighted by Gasteiger charge is 2.16. The second-order valence-corrected chi connectivity index (χ2v) is 8.12. The van der Waals surface area contributed by atoms with Crippen molar-refractivity contribution in [1.29, 1.82) is 0 Å². The van der Waals surface area contributed by atoms with E-state index >= 15 is 0 Å². The molecule has 1 fully saturated rings. The third kappa shape index (κ3) is 6.23. The second-order valence-electron chi connectivity index (χ2n) is 7.71. The molecule has 0 saturated carbocycles.